The van der Waals surface area contributed by atoms with Gasteiger partial charge in [-0.3, -0.25) is 14.5 Å². The van der Waals surface area contributed by atoms with Crippen LogP contribution in [0.4, 0.5) is 13.2 Å². The molecule has 2 saturated heterocycles. The third-order valence-corrected chi connectivity index (χ3v) is 6.01. The number of likely N-dealkylation sites (tertiary alicyclic amines) is 1. The van der Waals surface area contributed by atoms with Crippen LogP contribution in [0.2, 0.25) is 5.02 Å². The van der Waals surface area contributed by atoms with Crippen molar-refractivity contribution >= 4 is 17.5 Å². The van der Waals surface area contributed by atoms with Gasteiger partial charge >= 0.3 is 6.36 Å². The summed E-state index contributed by atoms with van der Waals surface area (Å²) in [5, 5.41) is 0.471. The van der Waals surface area contributed by atoms with Gasteiger partial charge in [0, 0.05) is 24.7 Å². The minimum Gasteiger partial charge on any atom is -0.493 e. The van der Waals surface area contributed by atoms with E-state index in [1.165, 1.54) is 25.3 Å². The molecular weight excluding hydrogens is 481 g/mol. The van der Waals surface area contributed by atoms with E-state index in [0.29, 0.717) is 29.2 Å². The number of alkyl halides is 3. The van der Waals surface area contributed by atoms with Crippen LogP contribution in [0.1, 0.15) is 22.5 Å². The number of nitrogens with zero attached hydrogens (tertiary/aromatic N) is 2. The summed E-state index contributed by atoms with van der Waals surface area (Å²) >= 11 is 6.36. The van der Waals surface area contributed by atoms with Crippen molar-refractivity contribution in [1.29, 1.82) is 0 Å². The number of benzene rings is 1. The average molecular weight is 503 g/mol. The highest BCUT2D eigenvalue weighted by Crippen LogP contribution is 2.44. The number of methoxy groups -OCH3 is 1. The van der Waals surface area contributed by atoms with Gasteiger partial charge in [0.2, 0.25) is 0 Å². The van der Waals surface area contributed by atoms with Gasteiger partial charge in [0.05, 0.1) is 31.0 Å². The average Bonchev–Trinajstić information content (AvgIpc) is 3.25. The number of aromatic nitrogens is 1. The fraction of sp³-hybridized carbons (Fsp3) is 0.455. The molecule has 184 valence electrons. The van der Waals surface area contributed by atoms with E-state index in [4.69, 9.17) is 30.5 Å². The van der Waals surface area contributed by atoms with Crippen LogP contribution < -0.4 is 9.47 Å². The fourth-order valence-electron chi connectivity index (χ4n) is 4.11. The maximum absolute atomic E-state index is 13.2. The van der Waals surface area contributed by atoms with Gasteiger partial charge in [-0.1, -0.05) is 11.6 Å². The number of ether oxygens (including phenoxy) is 5. The lowest BCUT2D eigenvalue weighted by molar-refractivity contribution is -0.325. The van der Waals surface area contributed by atoms with Crippen LogP contribution in [0, 0.1) is 0 Å². The van der Waals surface area contributed by atoms with Crippen LogP contribution in [0.5, 0.6) is 11.5 Å². The lowest BCUT2D eigenvalue weighted by Crippen LogP contribution is -2.54. The Bertz CT molecular complexity index is 1040. The molecule has 1 unspecified atom stereocenters. The number of piperidine rings is 1. The molecule has 0 bridgehead atoms. The molecule has 12 heteroatoms. The maximum Gasteiger partial charge on any atom is 0.522 e. The Morgan fingerprint density at radius 2 is 2.12 bits per heavy atom. The van der Waals surface area contributed by atoms with Gasteiger partial charge in [0.25, 0.3) is 5.91 Å². The van der Waals surface area contributed by atoms with E-state index in [0.717, 1.165) is 0 Å². The second kappa shape index (κ2) is 9.95. The predicted octanol–water partition coefficient (Wildman–Crippen LogP) is 3.77. The first-order valence-corrected chi connectivity index (χ1v) is 10.8. The molecule has 2 atom stereocenters. The van der Waals surface area contributed by atoms with E-state index in [-0.39, 0.29) is 37.4 Å². The van der Waals surface area contributed by atoms with Crippen molar-refractivity contribution in [3.8, 4) is 11.5 Å². The topological polar surface area (TPSA) is 79.4 Å². The van der Waals surface area contributed by atoms with Gasteiger partial charge in [-0.2, -0.15) is 0 Å². The number of rotatable bonds is 7. The third kappa shape index (κ3) is 5.07. The zero-order chi connectivity index (χ0) is 24.3. The number of hydrogen-bond donors (Lipinski definition) is 0. The minimum atomic E-state index is -4.73. The molecule has 2 fully saturated rings. The molecule has 1 aromatic heterocycles. The molecule has 0 saturated carbocycles. The highest BCUT2D eigenvalue weighted by molar-refractivity contribution is 6.31. The van der Waals surface area contributed by atoms with E-state index >= 15 is 0 Å². The molecule has 0 radical (unpaired) electrons. The van der Waals surface area contributed by atoms with Crippen LogP contribution >= 0.6 is 11.6 Å². The van der Waals surface area contributed by atoms with Gasteiger partial charge in [0.1, 0.15) is 25.1 Å². The summed E-state index contributed by atoms with van der Waals surface area (Å²) in [4.78, 5) is 19.2. The summed E-state index contributed by atoms with van der Waals surface area (Å²) < 4.78 is 62.2. The first-order chi connectivity index (χ1) is 16.2. The monoisotopic (exact) mass is 502 g/mol. The SMILES string of the molecule is COc1cc(C(=O)N2CC[C@]3(c4ncccc4Cl)OCOC3C2)ccc1OCCOC(F)(F)F. The summed E-state index contributed by atoms with van der Waals surface area (Å²) in [6, 6.07) is 7.94. The number of hydrogen-bond acceptors (Lipinski definition) is 7. The molecule has 1 aromatic carbocycles. The molecule has 0 aliphatic carbocycles. The quantitative estimate of drug-likeness (QED) is 0.533. The Morgan fingerprint density at radius 3 is 2.85 bits per heavy atom. The van der Waals surface area contributed by atoms with E-state index in [2.05, 4.69) is 9.72 Å². The molecule has 34 heavy (non-hydrogen) atoms. The van der Waals surface area contributed by atoms with Crippen LogP contribution in [0.15, 0.2) is 36.5 Å². The number of fused-ring (bicyclic) bond motifs is 1. The van der Waals surface area contributed by atoms with Gasteiger partial charge in [-0.15, -0.1) is 13.2 Å². The first-order valence-electron chi connectivity index (χ1n) is 10.4. The van der Waals surface area contributed by atoms with Crippen LogP contribution in [-0.2, 0) is 19.8 Å². The third-order valence-electron chi connectivity index (χ3n) is 5.71. The van der Waals surface area contributed by atoms with Gasteiger partial charge in [-0.05, 0) is 30.3 Å². The summed E-state index contributed by atoms with van der Waals surface area (Å²) in [7, 11) is 1.37. The Hall–Kier alpha value is -2.60. The smallest absolute Gasteiger partial charge is 0.493 e. The van der Waals surface area contributed by atoms with E-state index < -0.39 is 24.7 Å². The Kier molecular flexibility index (Phi) is 7.17. The van der Waals surface area contributed by atoms with Crippen molar-refractivity contribution in [3.05, 3.63) is 52.8 Å². The Morgan fingerprint density at radius 1 is 1.29 bits per heavy atom. The predicted molar refractivity (Wildman–Crippen MR) is 113 cm³/mol. The number of pyridine rings is 1. The lowest BCUT2D eigenvalue weighted by atomic mass is 9.85. The van der Waals surface area contributed by atoms with Gasteiger partial charge in [0.15, 0.2) is 11.5 Å². The number of amides is 1. The van der Waals surface area contributed by atoms with Gasteiger partial charge in [-0.25, -0.2) is 0 Å². The zero-order valence-electron chi connectivity index (χ0n) is 18.1. The molecule has 0 spiro atoms. The van der Waals surface area contributed by atoms with Crippen molar-refractivity contribution in [3.63, 3.8) is 0 Å². The van der Waals surface area contributed by atoms with Crippen LogP contribution in [-0.4, -0.2) is 68.5 Å². The Balaban J connectivity index is 1.44. The van der Waals surface area contributed by atoms with Gasteiger partial charge < -0.3 is 23.8 Å². The van der Waals surface area contributed by atoms with Crippen molar-refractivity contribution in [1.82, 2.24) is 9.88 Å². The highest BCUT2D eigenvalue weighted by atomic mass is 35.5. The molecule has 1 amide bonds. The summed E-state index contributed by atoms with van der Waals surface area (Å²) in [5.74, 6) is 0.145. The molecule has 3 heterocycles. The number of carbonyl (C=O) groups excluding carboxylic acids is 1. The molecule has 2 aromatic rings. The van der Waals surface area contributed by atoms with Crippen molar-refractivity contribution < 1.29 is 41.7 Å². The molecular formula is C22H22ClF3N2O6. The van der Waals surface area contributed by atoms with E-state index in [1.807, 2.05) is 0 Å². The van der Waals surface area contributed by atoms with Crippen LogP contribution in [0.25, 0.3) is 0 Å². The maximum atomic E-state index is 13.2. The first kappa shape index (κ1) is 24.5. The summed E-state index contributed by atoms with van der Waals surface area (Å²) in [6.07, 6.45) is -3.10. The second-order valence-electron chi connectivity index (χ2n) is 7.65. The van der Waals surface area contributed by atoms with Crippen LogP contribution in [0.3, 0.4) is 0 Å². The normalized spacial score (nSPS) is 22.4. The number of halogens is 4. The van der Waals surface area contributed by atoms with Crippen molar-refractivity contribution in [2.24, 2.45) is 0 Å². The number of carbonyl (C=O) groups is 1. The standard InChI is InChI=1S/C22H22ClF3N2O6/c1-30-17-11-14(4-5-16(17)31-9-10-33-22(24,25)26)20(29)28-8-6-21(18(12-28)32-13-34-21)19-15(23)3-2-7-27-19/h2-5,7,11,18H,6,8-10,12-13H2,1H3/t18?,21-/m0/s1. The zero-order valence-corrected chi connectivity index (χ0v) is 18.9. The summed E-state index contributed by atoms with van der Waals surface area (Å²) in [6.45, 7) is -0.307. The van der Waals surface area contributed by atoms with Crippen molar-refractivity contribution in [2.75, 3.05) is 40.2 Å². The Labute approximate surface area is 198 Å². The minimum absolute atomic E-state index is 0.0670. The lowest BCUT2D eigenvalue weighted by Gasteiger charge is -2.41. The molecule has 2 aliphatic rings. The molecule has 8 nitrogen and oxygen atoms in total. The second-order valence-corrected chi connectivity index (χ2v) is 8.06. The molecule has 0 N–H and O–H groups in total. The van der Waals surface area contributed by atoms with E-state index in [9.17, 15) is 18.0 Å². The fourth-order valence-corrected chi connectivity index (χ4v) is 4.39. The summed E-state index contributed by atoms with van der Waals surface area (Å²) in [5.41, 5.74) is 0.0881. The molecule has 4 rings (SSSR count). The largest absolute Gasteiger partial charge is 0.522 e. The molecule has 2 aliphatic heterocycles. The highest BCUT2D eigenvalue weighted by Gasteiger charge is 2.53. The van der Waals surface area contributed by atoms with E-state index in [1.54, 1.807) is 23.2 Å². The van der Waals surface area contributed by atoms with Crippen molar-refractivity contribution in [2.45, 2.75) is 24.5 Å².